The molecule has 128 valence electrons. The number of benzene rings is 1. The maximum atomic E-state index is 12.1. The SMILES string of the molecule is COC(=O)c1ccc(C(C)(C)C)nc1Oc1c(C)cc(C)cc1C. The standard InChI is InChI=1S/C20H25NO3/c1-12-10-13(2)17(14(3)11-12)24-18-15(19(22)23-7)8-9-16(21-18)20(4,5)6/h8-11H,1-7H3. The summed E-state index contributed by atoms with van der Waals surface area (Å²) in [6.07, 6.45) is 0. The molecule has 4 nitrogen and oxygen atoms in total. The molecule has 0 aliphatic carbocycles. The van der Waals surface area contributed by atoms with Gasteiger partial charge in [-0.3, -0.25) is 0 Å². The molecule has 0 spiro atoms. The molecule has 1 aromatic carbocycles. The van der Waals surface area contributed by atoms with Crippen molar-refractivity contribution in [3.8, 4) is 11.6 Å². The van der Waals surface area contributed by atoms with E-state index in [0.717, 1.165) is 22.6 Å². The number of nitrogens with zero attached hydrogens (tertiary/aromatic N) is 1. The zero-order valence-corrected chi connectivity index (χ0v) is 15.5. The lowest BCUT2D eigenvalue weighted by atomic mass is 9.91. The monoisotopic (exact) mass is 327 g/mol. The van der Waals surface area contributed by atoms with E-state index in [1.54, 1.807) is 6.07 Å². The van der Waals surface area contributed by atoms with Crippen LogP contribution in [0.5, 0.6) is 11.6 Å². The van der Waals surface area contributed by atoms with E-state index >= 15 is 0 Å². The van der Waals surface area contributed by atoms with Gasteiger partial charge in [-0.1, -0.05) is 38.5 Å². The molecule has 24 heavy (non-hydrogen) atoms. The van der Waals surface area contributed by atoms with Crippen LogP contribution in [0.15, 0.2) is 24.3 Å². The molecule has 0 N–H and O–H groups in total. The highest BCUT2D eigenvalue weighted by molar-refractivity contribution is 5.91. The second kappa shape index (κ2) is 6.63. The number of carbonyl (C=O) groups excluding carboxylic acids is 1. The maximum absolute atomic E-state index is 12.1. The maximum Gasteiger partial charge on any atom is 0.343 e. The Morgan fingerprint density at radius 2 is 1.62 bits per heavy atom. The molecule has 4 heteroatoms. The number of ether oxygens (including phenoxy) is 2. The van der Waals surface area contributed by atoms with Gasteiger partial charge in [0.05, 0.1) is 7.11 Å². The summed E-state index contributed by atoms with van der Waals surface area (Å²) >= 11 is 0. The van der Waals surface area contributed by atoms with Crippen molar-refractivity contribution in [3.05, 3.63) is 52.2 Å². The molecule has 2 rings (SSSR count). The lowest BCUT2D eigenvalue weighted by molar-refractivity contribution is 0.0597. The number of hydrogen-bond donors (Lipinski definition) is 0. The summed E-state index contributed by atoms with van der Waals surface area (Å²) in [7, 11) is 1.35. The van der Waals surface area contributed by atoms with E-state index in [1.807, 2.05) is 39.0 Å². The van der Waals surface area contributed by atoms with Crippen molar-refractivity contribution in [3.63, 3.8) is 0 Å². The van der Waals surface area contributed by atoms with Gasteiger partial charge in [0.25, 0.3) is 0 Å². The molecule has 0 amide bonds. The van der Waals surface area contributed by atoms with Crippen LogP contribution in [0, 0.1) is 20.8 Å². The van der Waals surface area contributed by atoms with Gasteiger partial charge in [-0.2, -0.15) is 0 Å². The first-order valence-electron chi connectivity index (χ1n) is 7.99. The van der Waals surface area contributed by atoms with Crippen molar-refractivity contribution in [2.75, 3.05) is 7.11 Å². The summed E-state index contributed by atoms with van der Waals surface area (Å²) < 4.78 is 10.9. The summed E-state index contributed by atoms with van der Waals surface area (Å²) in [5.74, 6) is 0.550. The Labute approximate surface area is 143 Å². The molecule has 2 aromatic rings. The number of aromatic nitrogens is 1. The molecule has 0 atom stereocenters. The number of methoxy groups -OCH3 is 1. The van der Waals surface area contributed by atoms with E-state index in [0.29, 0.717) is 5.56 Å². The first-order valence-corrected chi connectivity index (χ1v) is 7.99. The lowest BCUT2D eigenvalue weighted by Gasteiger charge is -2.20. The molecule has 0 bridgehead atoms. The van der Waals surface area contributed by atoms with Gasteiger partial charge in [0.15, 0.2) is 0 Å². The van der Waals surface area contributed by atoms with Crippen LogP contribution in [0.4, 0.5) is 0 Å². The van der Waals surface area contributed by atoms with Crippen LogP contribution in [-0.4, -0.2) is 18.1 Å². The molecule has 1 aromatic heterocycles. The fourth-order valence-electron chi connectivity index (χ4n) is 2.63. The Hall–Kier alpha value is -2.36. The second-order valence-corrected chi connectivity index (χ2v) is 7.12. The first kappa shape index (κ1) is 18.0. The van der Waals surface area contributed by atoms with Crippen LogP contribution in [0.25, 0.3) is 0 Å². The van der Waals surface area contributed by atoms with E-state index in [2.05, 4.69) is 25.8 Å². The predicted molar refractivity (Wildman–Crippen MR) is 95.0 cm³/mol. The van der Waals surface area contributed by atoms with Gasteiger partial charge >= 0.3 is 5.97 Å². The van der Waals surface area contributed by atoms with Gasteiger partial charge in [-0.05, 0) is 44.0 Å². The Bertz CT molecular complexity index is 750. The molecular formula is C20H25NO3. The van der Waals surface area contributed by atoms with Gasteiger partial charge in [0.2, 0.25) is 5.88 Å². The summed E-state index contributed by atoms with van der Waals surface area (Å²) in [6.45, 7) is 12.2. The van der Waals surface area contributed by atoms with Crippen molar-refractivity contribution in [2.45, 2.75) is 47.0 Å². The summed E-state index contributed by atoms with van der Waals surface area (Å²) in [5, 5.41) is 0. The Kier molecular flexibility index (Phi) is 4.97. The van der Waals surface area contributed by atoms with Gasteiger partial charge in [0, 0.05) is 11.1 Å². The van der Waals surface area contributed by atoms with Crippen LogP contribution in [0.1, 0.15) is 53.5 Å². The zero-order chi connectivity index (χ0) is 18.1. The Morgan fingerprint density at radius 1 is 1.04 bits per heavy atom. The highest BCUT2D eigenvalue weighted by Crippen LogP contribution is 2.32. The molecular weight excluding hydrogens is 302 g/mol. The quantitative estimate of drug-likeness (QED) is 0.754. The second-order valence-electron chi connectivity index (χ2n) is 7.12. The predicted octanol–water partition coefficient (Wildman–Crippen LogP) is 4.88. The van der Waals surface area contributed by atoms with Crippen LogP contribution in [-0.2, 0) is 10.2 Å². The summed E-state index contributed by atoms with van der Waals surface area (Å²) in [6, 6.07) is 7.66. The number of carbonyl (C=O) groups is 1. The first-order chi connectivity index (χ1) is 11.1. The largest absolute Gasteiger partial charge is 0.465 e. The van der Waals surface area contributed by atoms with Gasteiger partial charge in [0.1, 0.15) is 11.3 Å². The molecule has 1 heterocycles. The highest BCUT2D eigenvalue weighted by Gasteiger charge is 2.22. The smallest absolute Gasteiger partial charge is 0.343 e. The molecule has 0 saturated heterocycles. The zero-order valence-electron chi connectivity index (χ0n) is 15.5. The van der Waals surface area contributed by atoms with Crippen molar-refractivity contribution in [2.24, 2.45) is 0 Å². The molecule has 0 aliphatic heterocycles. The third-order valence-corrected chi connectivity index (χ3v) is 3.84. The third-order valence-electron chi connectivity index (χ3n) is 3.84. The number of aryl methyl sites for hydroxylation is 3. The molecule has 0 radical (unpaired) electrons. The minimum Gasteiger partial charge on any atom is -0.465 e. The highest BCUT2D eigenvalue weighted by atomic mass is 16.5. The lowest BCUT2D eigenvalue weighted by Crippen LogP contribution is -2.16. The van der Waals surface area contributed by atoms with Crippen LogP contribution < -0.4 is 4.74 Å². The van der Waals surface area contributed by atoms with Crippen LogP contribution in [0.3, 0.4) is 0 Å². The van der Waals surface area contributed by atoms with Crippen molar-refractivity contribution >= 4 is 5.97 Å². The fourth-order valence-corrected chi connectivity index (χ4v) is 2.63. The van der Waals surface area contributed by atoms with Crippen molar-refractivity contribution < 1.29 is 14.3 Å². The van der Waals surface area contributed by atoms with Gasteiger partial charge in [-0.15, -0.1) is 0 Å². The minimum absolute atomic E-state index is 0.149. The average Bonchev–Trinajstić information content (AvgIpc) is 2.49. The number of pyridine rings is 1. The fraction of sp³-hybridized carbons (Fsp3) is 0.400. The van der Waals surface area contributed by atoms with Gasteiger partial charge < -0.3 is 9.47 Å². The van der Waals surface area contributed by atoms with Crippen molar-refractivity contribution in [1.29, 1.82) is 0 Å². The minimum atomic E-state index is -0.458. The topological polar surface area (TPSA) is 48.4 Å². The number of rotatable bonds is 3. The Morgan fingerprint density at radius 3 is 2.12 bits per heavy atom. The normalized spacial score (nSPS) is 11.3. The van der Waals surface area contributed by atoms with E-state index in [9.17, 15) is 4.79 Å². The van der Waals surface area contributed by atoms with Crippen LogP contribution >= 0.6 is 0 Å². The molecule has 0 unspecified atom stereocenters. The molecule has 0 aliphatic rings. The van der Waals surface area contributed by atoms with Crippen LogP contribution in [0.2, 0.25) is 0 Å². The molecule has 0 saturated carbocycles. The van der Waals surface area contributed by atoms with E-state index < -0.39 is 5.97 Å². The molecule has 0 fully saturated rings. The number of hydrogen-bond acceptors (Lipinski definition) is 4. The van der Waals surface area contributed by atoms with E-state index in [4.69, 9.17) is 9.47 Å². The number of esters is 1. The summed E-state index contributed by atoms with van der Waals surface area (Å²) in [4.78, 5) is 16.7. The average molecular weight is 327 g/mol. The Balaban J connectivity index is 2.57. The summed E-state index contributed by atoms with van der Waals surface area (Å²) in [5.41, 5.74) is 4.21. The van der Waals surface area contributed by atoms with E-state index in [1.165, 1.54) is 12.7 Å². The van der Waals surface area contributed by atoms with Gasteiger partial charge in [-0.25, -0.2) is 9.78 Å². The van der Waals surface area contributed by atoms with Crippen molar-refractivity contribution in [1.82, 2.24) is 4.98 Å². The third kappa shape index (κ3) is 3.75. The van der Waals surface area contributed by atoms with E-state index in [-0.39, 0.29) is 11.3 Å².